The van der Waals surface area contributed by atoms with Gasteiger partial charge in [0.05, 0.1) is 29.5 Å². The summed E-state index contributed by atoms with van der Waals surface area (Å²) in [7, 11) is 1.66. The predicted molar refractivity (Wildman–Crippen MR) is 88.4 cm³/mol. The van der Waals surface area contributed by atoms with Crippen molar-refractivity contribution in [1.29, 1.82) is 0 Å². The molecule has 1 heterocycles. The fourth-order valence-corrected chi connectivity index (χ4v) is 2.90. The zero-order valence-corrected chi connectivity index (χ0v) is 14.9. The number of aryl methyl sites for hydroxylation is 2. The maximum atomic E-state index is 5.26. The minimum absolute atomic E-state index is 0.703. The first kappa shape index (κ1) is 15.4. The minimum Gasteiger partial charge on any atom is -0.497 e. The van der Waals surface area contributed by atoms with Crippen LogP contribution in [0.5, 0.6) is 5.75 Å². The highest BCUT2D eigenvalue weighted by molar-refractivity contribution is 9.10. The van der Waals surface area contributed by atoms with Crippen molar-refractivity contribution < 1.29 is 4.74 Å². The van der Waals surface area contributed by atoms with Gasteiger partial charge in [0.15, 0.2) is 0 Å². The Morgan fingerprint density at radius 3 is 2.70 bits per heavy atom. The third-order valence-electron chi connectivity index (χ3n) is 3.02. The van der Waals surface area contributed by atoms with Crippen LogP contribution in [-0.4, -0.2) is 16.9 Å². The molecule has 0 radical (unpaired) electrons. The number of anilines is 1. The first-order valence-corrected chi connectivity index (χ1v) is 7.94. The van der Waals surface area contributed by atoms with Crippen LogP contribution in [0.25, 0.3) is 0 Å². The van der Waals surface area contributed by atoms with Gasteiger partial charge in [-0.1, -0.05) is 15.9 Å². The summed E-state index contributed by atoms with van der Waals surface area (Å²) < 4.78 is 9.31. The van der Waals surface area contributed by atoms with Crippen molar-refractivity contribution in [3.05, 3.63) is 38.5 Å². The minimum atomic E-state index is 0.703. The van der Waals surface area contributed by atoms with Gasteiger partial charge in [0.2, 0.25) is 0 Å². The molecule has 1 N–H and O–H groups in total. The van der Waals surface area contributed by atoms with E-state index < -0.39 is 0 Å². The van der Waals surface area contributed by atoms with Gasteiger partial charge in [0.25, 0.3) is 0 Å². The number of benzene rings is 1. The molecule has 1 aromatic carbocycles. The van der Waals surface area contributed by atoms with Crippen molar-refractivity contribution in [3.63, 3.8) is 0 Å². The fraction of sp³-hybridized carbons (Fsp3) is 0.357. The molecule has 2 aromatic rings. The maximum absolute atomic E-state index is 5.26. The van der Waals surface area contributed by atoms with Crippen molar-refractivity contribution >= 4 is 37.5 Å². The van der Waals surface area contributed by atoms with Gasteiger partial charge in [0.1, 0.15) is 5.75 Å². The van der Waals surface area contributed by atoms with E-state index in [0.717, 1.165) is 38.3 Å². The van der Waals surface area contributed by atoms with Crippen LogP contribution in [0.2, 0.25) is 0 Å². The van der Waals surface area contributed by atoms with E-state index in [1.54, 1.807) is 7.11 Å². The van der Waals surface area contributed by atoms with Gasteiger partial charge < -0.3 is 10.1 Å². The Morgan fingerprint density at radius 2 is 2.05 bits per heavy atom. The third kappa shape index (κ3) is 3.35. The molecule has 0 atom stereocenters. The third-order valence-corrected chi connectivity index (χ3v) is 4.51. The Hall–Kier alpha value is -1.01. The summed E-state index contributed by atoms with van der Waals surface area (Å²) in [5.74, 6) is 0.820. The molecule has 108 valence electrons. The number of rotatable bonds is 5. The van der Waals surface area contributed by atoms with Crippen molar-refractivity contribution in [2.45, 2.75) is 26.9 Å². The molecule has 4 nitrogen and oxygen atoms in total. The van der Waals surface area contributed by atoms with Crippen molar-refractivity contribution in [2.24, 2.45) is 0 Å². The van der Waals surface area contributed by atoms with Gasteiger partial charge in [-0.25, -0.2) is 0 Å². The predicted octanol–water partition coefficient (Wildman–Crippen LogP) is 4.36. The average molecular weight is 403 g/mol. The summed E-state index contributed by atoms with van der Waals surface area (Å²) >= 11 is 7.08. The van der Waals surface area contributed by atoms with Crippen LogP contribution in [-0.2, 0) is 13.1 Å². The first-order valence-electron chi connectivity index (χ1n) is 6.35. The molecule has 0 bridgehead atoms. The van der Waals surface area contributed by atoms with Gasteiger partial charge in [-0.3, -0.25) is 4.68 Å². The standard InChI is InChI=1S/C14H17Br2N3O/c1-4-19-13(14(16)9(2)18-19)8-17-11-5-10(15)6-12(7-11)20-3/h5-7,17H,4,8H2,1-3H3. The molecule has 0 amide bonds. The van der Waals surface area contributed by atoms with Crippen LogP contribution in [0.1, 0.15) is 18.3 Å². The highest BCUT2D eigenvalue weighted by Crippen LogP contribution is 2.26. The van der Waals surface area contributed by atoms with Crippen LogP contribution < -0.4 is 10.1 Å². The molecule has 0 fully saturated rings. The number of ether oxygens (including phenoxy) is 1. The van der Waals surface area contributed by atoms with Crippen LogP contribution in [0, 0.1) is 6.92 Å². The normalized spacial score (nSPS) is 10.7. The lowest BCUT2D eigenvalue weighted by Gasteiger charge is -2.10. The summed E-state index contributed by atoms with van der Waals surface area (Å²) in [5, 5.41) is 7.89. The largest absolute Gasteiger partial charge is 0.497 e. The molecular weight excluding hydrogens is 386 g/mol. The zero-order chi connectivity index (χ0) is 14.7. The highest BCUT2D eigenvalue weighted by Gasteiger charge is 2.11. The van der Waals surface area contributed by atoms with E-state index in [9.17, 15) is 0 Å². The summed E-state index contributed by atoms with van der Waals surface area (Å²) in [6.07, 6.45) is 0. The quantitative estimate of drug-likeness (QED) is 0.807. The van der Waals surface area contributed by atoms with Crippen molar-refractivity contribution in [2.75, 3.05) is 12.4 Å². The number of hydrogen-bond donors (Lipinski definition) is 1. The van der Waals surface area contributed by atoms with Gasteiger partial charge in [0, 0.05) is 22.8 Å². The van der Waals surface area contributed by atoms with Crippen LogP contribution in [0.4, 0.5) is 5.69 Å². The van der Waals surface area contributed by atoms with Crippen molar-refractivity contribution in [3.8, 4) is 5.75 Å². The van der Waals surface area contributed by atoms with Gasteiger partial charge in [-0.05, 0) is 41.9 Å². The van der Waals surface area contributed by atoms with Gasteiger partial charge >= 0.3 is 0 Å². The van der Waals surface area contributed by atoms with Gasteiger partial charge in [-0.15, -0.1) is 0 Å². The van der Waals surface area contributed by atoms with Gasteiger partial charge in [-0.2, -0.15) is 5.10 Å². The molecule has 20 heavy (non-hydrogen) atoms. The summed E-state index contributed by atoms with van der Waals surface area (Å²) in [6, 6.07) is 5.93. The van der Waals surface area contributed by atoms with E-state index in [1.807, 2.05) is 29.8 Å². The van der Waals surface area contributed by atoms with E-state index >= 15 is 0 Å². The molecule has 0 unspecified atom stereocenters. The summed E-state index contributed by atoms with van der Waals surface area (Å²) in [4.78, 5) is 0. The molecule has 0 saturated carbocycles. The van der Waals surface area contributed by atoms with E-state index in [1.165, 1.54) is 0 Å². The number of nitrogens with zero attached hydrogens (tertiary/aromatic N) is 2. The summed E-state index contributed by atoms with van der Waals surface area (Å²) in [6.45, 7) is 5.65. The number of nitrogens with one attached hydrogen (secondary N) is 1. The Labute approximate surface area is 135 Å². The van der Waals surface area contributed by atoms with E-state index in [4.69, 9.17) is 4.74 Å². The van der Waals surface area contributed by atoms with E-state index in [2.05, 4.69) is 49.2 Å². The number of methoxy groups -OCH3 is 1. The molecule has 6 heteroatoms. The van der Waals surface area contributed by atoms with Crippen LogP contribution in [0.15, 0.2) is 27.1 Å². The fourth-order valence-electron chi connectivity index (χ4n) is 2.01. The molecule has 0 saturated heterocycles. The number of hydrogen-bond acceptors (Lipinski definition) is 3. The lowest BCUT2D eigenvalue weighted by atomic mass is 10.3. The second-order valence-electron chi connectivity index (χ2n) is 4.40. The Kier molecular flexibility index (Phi) is 5.10. The number of aromatic nitrogens is 2. The lowest BCUT2D eigenvalue weighted by molar-refractivity contribution is 0.414. The van der Waals surface area contributed by atoms with E-state index in [0.29, 0.717) is 6.54 Å². The molecule has 1 aromatic heterocycles. The Morgan fingerprint density at radius 1 is 1.30 bits per heavy atom. The Balaban J connectivity index is 2.18. The molecule has 0 aliphatic heterocycles. The summed E-state index contributed by atoms with van der Waals surface area (Å²) in [5.41, 5.74) is 3.16. The topological polar surface area (TPSA) is 39.1 Å². The van der Waals surface area contributed by atoms with Crippen LogP contribution in [0.3, 0.4) is 0 Å². The molecular formula is C14H17Br2N3O. The molecule has 0 aliphatic carbocycles. The van der Waals surface area contributed by atoms with E-state index in [-0.39, 0.29) is 0 Å². The SMILES string of the molecule is CCn1nc(C)c(Br)c1CNc1cc(Br)cc(OC)c1. The van der Waals surface area contributed by atoms with Crippen molar-refractivity contribution in [1.82, 2.24) is 9.78 Å². The molecule has 0 spiro atoms. The second kappa shape index (κ2) is 6.63. The Bertz CT molecular complexity index is 611. The lowest BCUT2D eigenvalue weighted by Crippen LogP contribution is -2.08. The maximum Gasteiger partial charge on any atom is 0.122 e. The smallest absolute Gasteiger partial charge is 0.122 e. The monoisotopic (exact) mass is 401 g/mol. The number of halogens is 2. The highest BCUT2D eigenvalue weighted by atomic mass is 79.9. The van der Waals surface area contributed by atoms with Crippen LogP contribution >= 0.6 is 31.9 Å². The average Bonchev–Trinajstić information content (AvgIpc) is 2.71. The molecule has 2 rings (SSSR count). The first-order chi connectivity index (χ1) is 9.55. The second-order valence-corrected chi connectivity index (χ2v) is 6.10. The zero-order valence-electron chi connectivity index (χ0n) is 11.7. The molecule has 0 aliphatic rings.